The number of anilines is 2. The molecule has 0 amide bonds. The largest absolute Gasteiger partial charge is 0.494 e. The Kier molecular flexibility index (Phi) is 7.20. The number of ketones is 1. The van der Waals surface area contributed by atoms with E-state index in [1.807, 2.05) is 31.2 Å². The van der Waals surface area contributed by atoms with E-state index in [0.29, 0.717) is 43.3 Å². The highest BCUT2D eigenvalue weighted by Gasteiger charge is 2.22. The van der Waals surface area contributed by atoms with Crippen molar-refractivity contribution in [2.45, 2.75) is 27.3 Å². The number of hydrogen-bond donors (Lipinski definition) is 1. The molecule has 0 spiro atoms. The highest BCUT2D eigenvalue weighted by molar-refractivity contribution is 5.99. The molecule has 1 aromatic carbocycles. The predicted octanol–water partition coefficient (Wildman–Crippen LogP) is 2.62. The van der Waals surface area contributed by atoms with Gasteiger partial charge in [-0.15, -0.1) is 10.2 Å². The van der Waals surface area contributed by atoms with Gasteiger partial charge in [0, 0.05) is 37.3 Å². The zero-order chi connectivity index (χ0) is 25.1. The number of allylic oxidation sites excluding steroid dienone is 1. The summed E-state index contributed by atoms with van der Waals surface area (Å²) in [4.78, 5) is 17.7. The molecule has 1 aliphatic rings. The second kappa shape index (κ2) is 10.3. The van der Waals surface area contributed by atoms with E-state index in [4.69, 9.17) is 14.9 Å². The Morgan fingerprint density at radius 3 is 2.54 bits per heavy atom. The molecule has 3 heterocycles. The lowest BCUT2D eigenvalue weighted by Crippen LogP contribution is -2.36. The minimum Gasteiger partial charge on any atom is -0.494 e. The van der Waals surface area contributed by atoms with Gasteiger partial charge in [0.25, 0.3) is 0 Å². The molecule has 0 radical (unpaired) electrons. The molecule has 0 saturated carbocycles. The van der Waals surface area contributed by atoms with E-state index < -0.39 is 0 Å². The van der Waals surface area contributed by atoms with Crippen molar-refractivity contribution in [3.63, 3.8) is 0 Å². The quantitative estimate of drug-likeness (QED) is 0.471. The van der Waals surface area contributed by atoms with Crippen LogP contribution in [-0.4, -0.2) is 71.7 Å². The second-order valence-electron chi connectivity index (χ2n) is 8.49. The fourth-order valence-corrected chi connectivity index (χ4v) is 4.32. The van der Waals surface area contributed by atoms with Gasteiger partial charge in [0.1, 0.15) is 18.1 Å². The van der Waals surface area contributed by atoms with E-state index in [0.717, 1.165) is 35.7 Å². The number of carbonyl (C=O) groups excluding carboxylic acids is 1. The third kappa shape index (κ3) is 4.79. The van der Waals surface area contributed by atoms with E-state index in [9.17, 15) is 4.79 Å². The molecule has 3 aromatic rings. The fourth-order valence-electron chi connectivity index (χ4n) is 4.32. The summed E-state index contributed by atoms with van der Waals surface area (Å²) < 4.78 is 14.1. The second-order valence-corrected chi connectivity index (χ2v) is 8.49. The average Bonchev–Trinajstić information content (AvgIpc) is 3.18. The van der Waals surface area contributed by atoms with Crippen molar-refractivity contribution < 1.29 is 14.3 Å². The molecule has 2 aromatic heterocycles. The summed E-state index contributed by atoms with van der Waals surface area (Å²) in [5, 5.41) is 17.6. The number of nitrogens with one attached hydrogen (secondary N) is 1. The monoisotopic (exact) mass is 479 g/mol. The highest BCUT2D eigenvalue weighted by atomic mass is 16.5. The number of aromatic nitrogens is 4. The number of carbonyl (C=O) groups is 1. The van der Waals surface area contributed by atoms with E-state index in [2.05, 4.69) is 40.4 Å². The normalized spacial score (nSPS) is 13.8. The maximum Gasteiger partial charge on any atom is 0.242 e. The van der Waals surface area contributed by atoms with Crippen LogP contribution in [-0.2, 0) is 11.3 Å². The van der Waals surface area contributed by atoms with Crippen LogP contribution in [0.25, 0.3) is 11.2 Å². The lowest BCUT2D eigenvalue weighted by atomic mass is 9.99. The van der Waals surface area contributed by atoms with Crippen molar-refractivity contribution in [2.75, 3.05) is 56.3 Å². The Hall–Kier alpha value is -3.66. The highest BCUT2D eigenvalue weighted by Crippen LogP contribution is 2.37. The summed E-state index contributed by atoms with van der Waals surface area (Å²) in [6, 6.07) is 7.38. The molecule has 10 nitrogen and oxygen atoms in total. The van der Waals surface area contributed by atoms with Crippen LogP contribution in [0.5, 0.6) is 5.75 Å². The van der Waals surface area contributed by atoms with Gasteiger partial charge in [0.15, 0.2) is 11.4 Å². The van der Waals surface area contributed by atoms with Crippen LogP contribution in [0, 0.1) is 5.41 Å². The molecule has 186 valence electrons. The zero-order valence-corrected chi connectivity index (χ0v) is 20.9. The number of hydrogen-bond acceptors (Lipinski definition) is 8. The van der Waals surface area contributed by atoms with Crippen LogP contribution in [0.4, 0.5) is 11.5 Å². The van der Waals surface area contributed by atoms with Gasteiger partial charge < -0.3 is 19.3 Å². The van der Waals surface area contributed by atoms with Crippen LogP contribution in [0.3, 0.4) is 0 Å². The number of Topliss-reactive ketones (excluding diaryl/α,β-unsaturated/α-hetero) is 1. The summed E-state index contributed by atoms with van der Waals surface area (Å²) in [7, 11) is 1.63. The maximum absolute atomic E-state index is 13.4. The van der Waals surface area contributed by atoms with Crippen LogP contribution < -0.4 is 20.2 Å². The van der Waals surface area contributed by atoms with E-state index >= 15 is 0 Å². The van der Waals surface area contributed by atoms with Gasteiger partial charge in [-0.3, -0.25) is 10.2 Å². The SMILES string of the molecule is C=C(C)c1cc(C(=O)Cn2nc3ccc(N(CC)CC)nn3c2=N)cc(N2CCOCC2)c1OC. The first-order valence-electron chi connectivity index (χ1n) is 11.9. The minimum atomic E-state index is -0.157. The van der Waals surface area contributed by atoms with Crippen molar-refractivity contribution in [3.8, 4) is 5.75 Å². The molecule has 0 atom stereocenters. The smallest absolute Gasteiger partial charge is 0.242 e. The van der Waals surface area contributed by atoms with Crippen molar-refractivity contribution >= 4 is 28.5 Å². The number of fused-ring (bicyclic) bond motifs is 1. The zero-order valence-electron chi connectivity index (χ0n) is 20.9. The molecule has 1 N–H and O–H groups in total. The van der Waals surface area contributed by atoms with Crippen molar-refractivity contribution in [1.82, 2.24) is 19.4 Å². The predicted molar refractivity (Wildman–Crippen MR) is 135 cm³/mol. The lowest BCUT2D eigenvalue weighted by molar-refractivity contribution is 0.0965. The molecule has 1 fully saturated rings. The number of morpholine rings is 1. The molecule has 10 heteroatoms. The Balaban J connectivity index is 1.70. The van der Waals surface area contributed by atoms with Gasteiger partial charge in [0.2, 0.25) is 5.62 Å². The Bertz CT molecular complexity index is 1300. The van der Waals surface area contributed by atoms with Gasteiger partial charge in [-0.05, 0) is 50.6 Å². The molecular weight excluding hydrogens is 446 g/mol. The summed E-state index contributed by atoms with van der Waals surface area (Å²) in [6.45, 7) is 14.3. The molecule has 35 heavy (non-hydrogen) atoms. The average molecular weight is 480 g/mol. The van der Waals surface area contributed by atoms with E-state index in [1.54, 1.807) is 7.11 Å². The Morgan fingerprint density at radius 2 is 1.91 bits per heavy atom. The fraction of sp³-hybridized carbons (Fsp3) is 0.440. The van der Waals surface area contributed by atoms with Crippen LogP contribution in [0.2, 0.25) is 0 Å². The van der Waals surface area contributed by atoms with Gasteiger partial charge in [-0.25, -0.2) is 4.68 Å². The lowest BCUT2D eigenvalue weighted by Gasteiger charge is -2.31. The third-order valence-electron chi connectivity index (χ3n) is 6.26. The third-order valence-corrected chi connectivity index (χ3v) is 6.26. The topological polar surface area (TPSA) is 101 Å². The summed E-state index contributed by atoms with van der Waals surface area (Å²) >= 11 is 0. The number of benzene rings is 1. The molecule has 0 bridgehead atoms. The van der Waals surface area contributed by atoms with Crippen molar-refractivity contribution in [2.24, 2.45) is 0 Å². The van der Waals surface area contributed by atoms with Crippen molar-refractivity contribution in [3.05, 3.63) is 47.6 Å². The van der Waals surface area contributed by atoms with Gasteiger partial charge in [0.05, 0.1) is 26.0 Å². The molecule has 0 aliphatic carbocycles. The molecular formula is C25H33N7O3. The Labute approximate surface area is 204 Å². The standard InChI is InChI=1S/C25H33N7O3/c1-6-29(7-2)22-8-9-23-27-31(25(26)32(23)28-22)16-21(33)18-14-19(17(3)4)24(34-5)20(15-18)30-10-12-35-13-11-30/h8-9,14-15,26H,3,6-7,10-13,16H2,1-2,4-5H3. The number of methoxy groups -OCH3 is 1. The molecule has 4 rings (SSSR count). The number of rotatable bonds is 9. The summed E-state index contributed by atoms with van der Waals surface area (Å²) in [6.07, 6.45) is 0. The van der Waals surface area contributed by atoms with Crippen molar-refractivity contribution in [1.29, 1.82) is 5.41 Å². The van der Waals surface area contributed by atoms with Crippen LogP contribution in [0.1, 0.15) is 36.7 Å². The van der Waals surface area contributed by atoms with Gasteiger partial charge >= 0.3 is 0 Å². The van der Waals surface area contributed by atoms with Crippen LogP contribution >= 0.6 is 0 Å². The first kappa shape index (κ1) is 24.5. The first-order valence-corrected chi connectivity index (χ1v) is 11.9. The number of nitrogens with zero attached hydrogens (tertiary/aromatic N) is 6. The first-order chi connectivity index (χ1) is 16.9. The van der Waals surface area contributed by atoms with Gasteiger partial charge in [-0.1, -0.05) is 6.58 Å². The summed E-state index contributed by atoms with van der Waals surface area (Å²) in [5.41, 5.74) is 3.52. The summed E-state index contributed by atoms with van der Waals surface area (Å²) in [5.74, 6) is 1.31. The minimum absolute atomic E-state index is 0.0457. The van der Waals surface area contributed by atoms with E-state index in [-0.39, 0.29) is 17.9 Å². The van der Waals surface area contributed by atoms with E-state index in [1.165, 1.54) is 9.20 Å². The van der Waals surface area contributed by atoms with Crippen LogP contribution in [0.15, 0.2) is 30.8 Å². The molecule has 0 unspecified atom stereocenters. The van der Waals surface area contributed by atoms with Gasteiger partial charge in [-0.2, -0.15) is 4.52 Å². The number of ether oxygens (including phenoxy) is 2. The maximum atomic E-state index is 13.4. The Morgan fingerprint density at radius 1 is 1.20 bits per heavy atom. The molecule has 1 saturated heterocycles. The molecule has 1 aliphatic heterocycles.